The predicted octanol–water partition coefficient (Wildman–Crippen LogP) is 4.76. The van der Waals surface area contributed by atoms with Crippen LogP contribution in [0.1, 0.15) is 32.3 Å². The second kappa shape index (κ2) is 6.67. The van der Waals surface area contributed by atoms with E-state index in [1.165, 1.54) is 0 Å². The number of halogens is 1. The number of benzene rings is 1. The number of nitrogens with zero attached hydrogens (tertiary/aromatic N) is 2. The van der Waals surface area contributed by atoms with Gasteiger partial charge in [-0.25, -0.2) is 9.97 Å². The fourth-order valence-electron chi connectivity index (χ4n) is 1.78. The van der Waals surface area contributed by atoms with Crippen LogP contribution in [0.2, 0.25) is 5.02 Å². The maximum absolute atomic E-state index is 6.00. The summed E-state index contributed by atoms with van der Waals surface area (Å²) in [6, 6.07) is 9.84. The highest BCUT2D eigenvalue weighted by atomic mass is 35.5. The molecule has 0 fully saturated rings. The van der Waals surface area contributed by atoms with Crippen LogP contribution in [0.5, 0.6) is 0 Å². The number of nitrogens with one attached hydrogen (secondary N) is 1. The van der Waals surface area contributed by atoms with Gasteiger partial charge >= 0.3 is 0 Å². The van der Waals surface area contributed by atoms with Crippen LogP contribution in [-0.4, -0.2) is 17.0 Å². The van der Waals surface area contributed by atoms with E-state index < -0.39 is 0 Å². The molecule has 0 amide bonds. The summed E-state index contributed by atoms with van der Waals surface area (Å²) < 4.78 is 0. The lowest BCUT2D eigenvalue weighted by Gasteiger charge is -2.19. The zero-order valence-electron chi connectivity index (χ0n) is 12.8. The summed E-state index contributed by atoms with van der Waals surface area (Å²) in [7, 11) is 1.88. The van der Waals surface area contributed by atoms with Gasteiger partial charge in [-0.05, 0) is 18.2 Å². The van der Waals surface area contributed by atoms with Crippen molar-refractivity contribution in [1.29, 1.82) is 0 Å². The molecule has 0 unspecified atom stereocenters. The molecule has 1 N–H and O–H groups in total. The molecule has 3 nitrogen and oxygen atoms in total. The van der Waals surface area contributed by atoms with Gasteiger partial charge in [0, 0.05) is 28.4 Å². The number of hydrogen-bond donors (Lipinski definition) is 1. The molecule has 0 radical (unpaired) electrons. The monoisotopic (exact) mass is 321 g/mol. The number of thioether (sulfide) groups is 1. The van der Waals surface area contributed by atoms with E-state index in [4.69, 9.17) is 11.6 Å². The van der Waals surface area contributed by atoms with Crippen LogP contribution in [-0.2, 0) is 11.2 Å². The lowest BCUT2D eigenvalue weighted by molar-refractivity contribution is 0.564. The predicted molar refractivity (Wildman–Crippen MR) is 91.3 cm³/mol. The summed E-state index contributed by atoms with van der Waals surface area (Å²) in [5.74, 6) is 2.41. The molecule has 0 saturated carbocycles. The first kappa shape index (κ1) is 16.1. The van der Waals surface area contributed by atoms with Crippen LogP contribution < -0.4 is 5.32 Å². The van der Waals surface area contributed by atoms with Crippen LogP contribution in [0.3, 0.4) is 0 Å². The summed E-state index contributed by atoms with van der Waals surface area (Å²) in [5, 5.41) is 3.86. The highest BCUT2D eigenvalue weighted by molar-refractivity contribution is 7.98. The lowest BCUT2D eigenvalue weighted by atomic mass is 9.92. The molecule has 0 spiro atoms. The molecule has 1 aromatic carbocycles. The van der Waals surface area contributed by atoms with Gasteiger partial charge in [-0.2, -0.15) is 0 Å². The van der Waals surface area contributed by atoms with Crippen molar-refractivity contribution in [2.75, 3.05) is 12.4 Å². The average molecular weight is 322 g/mol. The highest BCUT2D eigenvalue weighted by Crippen LogP contribution is 2.27. The Morgan fingerprint density at radius 3 is 2.57 bits per heavy atom. The third-order valence-corrected chi connectivity index (χ3v) is 4.19. The third kappa shape index (κ3) is 4.61. The Morgan fingerprint density at radius 1 is 1.19 bits per heavy atom. The second-order valence-corrected chi connectivity index (χ2v) is 7.29. The van der Waals surface area contributed by atoms with Crippen LogP contribution in [0, 0.1) is 0 Å². The Labute approximate surface area is 135 Å². The van der Waals surface area contributed by atoms with E-state index in [0.29, 0.717) is 0 Å². The van der Waals surface area contributed by atoms with Gasteiger partial charge in [-0.15, -0.1) is 11.8 Å². The average Bonchev–Trinajstić information content (AvgIpc) is 2.44. The van der Waals surface area contributed by atoms with Crippen molar-refractivity contribution < 1.29 is 0 Å². The fraction of sp³-hybridized carbons (Fsp3) is 0.375. The molecule has 5 heteroatoms. The number of hydrogen-bond acceptors (Lipinski definition) is 4. The maximum atomic E-state index is 6.00. The Bertz CT molecular complexity index is 623. The van der Waals surface area contributed by atoms with Gasteiger partial charge < -0.3 is 5.32 Å². The maximum Gasteiger partial charge on any atom is 0.141 e. The van der Waals surface area contributed by atoms with E-state index in [-0.39, 0.29) is 5.41 Å². The van der Waals surface area contributed by atoms with Crippen molar-refractivity contribution in [3.63, 3.8) is 0 Å². The highest BCUT2D eigenvalue weighted by Gasteiger charge is 2.17. The smallest absolute Gasteiger partial charge is 0.141 e. The van der Waals surface area contributed by atoms with Gasteiger partial charge in [0.15, 0.2) is 0 Å². The summed E-state index contributed by atoms with van der Waals surface area (Å²) >= 11 is 7.69. The Kier molecular flexibility index (Phi) is 5.12. The number of aromatic nitrogens is 2. The largest absolute Gasteiger partial charge is 0.373 e. The Morgan fingerprint density at radius 2 is 1.95 bits per heavy atom. The van der Waals surface area contributed by atoms with Crippen molar-refractivity contribution in [2.45, 2.75) is 36.8 Å². The topological polar surface area (TPSA) is 37.8 Å². The molecular weight excluding hydrogens is 302 g/mol. The van der Waals surface area contributed by atoms with Gasteiger partial charge in [-0.1, -0.05) is 38.4 Å². The molecule has 0 aliphatic carbocycles. The molecule has 21 heavy (non-hydrogen) atoms. The van der Waals surface area contributed by atoms with Crippen molar-refractivity contribution in [3.05, 3.63) is 46.9 Å². The SMILES string of the molecule is CNc1cc(C(C)(C)C)nc(CSc2cccc(Cl)c2)n1. The summed E-state index contributed by atoms with van der Waals surface area (Å²) in [6.07, 6.45) is 0. The first-order valence-electron chi connectivity index (χ1n) is 6.83. The minimum Gasteiger partial charge on any atom is -0.373 e. The number of anilines is 1. The van der Waals surface area contributed by atoms with Gasteiger partial charge in [0.05, 0.1) is 11.4 Å². The molecule has 2 rings (SSSR count). The summed E-state index contributed by atoms with van der Waals surface area (Å²) in [4.78, 5) is 10.3. The van der Waals surface area contributed by atoms with Crippen molar-refractivity contribution >= 4 is 29.2 Å². The second-order valence-electron chi connectivity index (χ2n) is 5.80. The molecule has 2 aromatic rings. The molecular formula is C16H20ClN3S. The van der Waals surface area contributed by atoms with Crippen molar-refractivity contribution in [3.8, 4) is 0 Å². The quantitative estimate of drug-likeness (QED) is 0.824. The lowest BCUT2D eigenvalue weighted by Crippen LogP contribution is -2.16. The van der Waals surface area contributed by atoms with E-state index in [1.807, 2.05) is 37.4 Å². The van der Waals surface area contributed by atoms with E-state index in [2.05, 4.69) is 36.1 Å². The van der Waals surface area contributed by atoms with E-state index in [9.17, 15) is 0 Å². The van der Waals surface area contributed by atoms with Crippen molar-refractivity contribution in [1.82, 2.24) is 9.97 Å². The molecule has 1 aromatic heterocycles. The van der Waals surface area contributed by atoms with Gasteiger partial charge in [0.25, 0.3) is 0 Å². The van der Waals surface area contributed by atoms with Crippen LogP contribution in [0.15, 0.2) is 35.2 Å². The minimum atomic E-state index is 0.00398. The molecule has 0 bridgehead atoms. The number of rotatable bonds is 4. The fourth-order valence-corrected chi connectivity index (χ4v) is 2.84. The standard InChI is InChI=1S/C16H20ClN3S/c1-16(2,3)13-9-14(18-4)20-15(19-13)10-21-12-7-5-6-11(17)8-12/h5-9H,10H2,1-4H3,(H,18,19,20). The summed E-state index contributed by atoms with van der Waals surface area (Å²) in [6.45, 7) is 6.47. The van der Waals surface area contributed by atoms with Crippen LogP contribution >= 0.6 is 23.4 Å². The van der Waals surface area contributed by atoms with Crippen LogP contribution in [0.25, 0.3) is 0 Å². The molecule has 0 aliphatic rings. The Hall–Kier alpha value is -1.26. The Balaban J connectivity index is 2.19. The zero-order chi connectivity index (χ0) is 15.5. The molecule has 0 atom stereocenters. The van der Waals surface area contributed by atoms with Gasteiger partial charge in [0.2, 0.25) is 0 Å². The normalized spacial score (nSPS) is 11.5. The van der Waals surface area contributed by atoms with E-state index >= 15 is 0 Å². The zero-order valence-corrected chi connectivity index (χ0v) is 14.3. The first-order valence-corrected chi connectivity index (χ1v) is 8.19. The molecule has 1 heterocycles. The minimum absolute atomic E-state index is 0.00398. The molecule has 0 saturated heterocycles. The summed E-state index contributed by atoms with van der Waals surface area (Å²) in [5.41, 5.74) is 1.05. The molecule has 0 aliphatic heterocycles. The van der Waals surface area contributed by atoms with E-state index in [1.54, 1.807) is 11.8 Å². The third-order valence-electron chi connectivity index (χ3n) is 2.96. The first-order chi connectivity index (χ1) is 9.88. The van der Waals surface area contributed by atoms with E-state index in [0.717, 1.165) is 33.0 Å². The van der Waals surface area contributed by atoms with Crippen LogP contribution in [0.4, 0.5) is 5.82 Å². The van der Waals surface area contributed by atoms with Crippen molar-refractivity contribution in [2.24, 2.45) is 0 Å². The van der Waals surface area contributed by atoms with Gasteiger partial charge in [-0.3, -0.25) is 0 Å². The molecule has 112 valence electrons. The van der Waals surface area contributed by atoms with Gasteiger partial charge in [0.1, 0.15) is 11.6 Å².